The van der Waals surface area contributed by atoms with Gasteiger partial charge in [0, 0.05) is 19.3 Å². The van der Waals surface area contributed by atoms with Crippen molar-refractivity contribution in [1.29, 1.82) is 0 Å². The summed E-state index contributed by atoms with van der Waals surface area (Å²) in [4.78, 5) is 38.5. The van der Waals surface area contributed by atoms with Crippen molar-refractivity contribution in [2.24, 2.45) is 0 Å². The summed E-state index contributed by atoms with van der Waals surface area (Å²) in [5.41, 5.74) is 0. The quantitative estimate of drug-likeness (QED) is 0.0261. The van der Waals surface area contributed by atoms with E-state index in [9.17, 15) is 14.4 Å². The second-order valence-corrected chi connectivity index (χ2v) is 24.8. The Morgan fingerprint density at radius 1 is 0.253 bits per heavy atom. The lowest BCUT2D eigenvalue weighted by atomic mass is 10.0. The van der Waals surface area contributed by atoms with Crippen molar-refractivity contribution >= 4 is 17.9 Å². The van der Waals surface area contributed by atoms with Gasteiger partial charge < -0.3 is 14.2 Å². The van der Waals surface area contributed by atoms with Crippen LogP contribution in [0.5, 0.6) is 0 Å². The van der Waals surface area contributed by atoms with Crippen LogP contribution < -0.4 is 0 Å². The molecule has 0 aliphatic heterocycles. The Hall–Kier alpha value is -2.89. The first kappa shape index (κ1) is 80.1. The van der Waals surface area contributed by atoms with Gasteiger partial charge in [0.25, 0.3) is 0 Å². The van der Waals surface area contributed by atoms with E-state index >= 15 is 0 Å². The average Bonchev–Trinajstić information content (AvgIpc) is 3.49. The lowest BCUT2D eigenvalue weighted by molar-refractivity contribution is -0.167. The molecule has 83 heavy (non-hydrogen) atoms. The minimum Gasteiger partial charge on any atom is -0.462 e. The number of unbranched alkanes of at least 4 members (excludes halogenated alkanes) is 47. The fourth-order valence-electron chi connectivity index (χ4n) is 11.0. The third kappa shape index (κ3) is 69.8. The molecular weight excluding hydrogens is 1020 g/mol. The standard InChI is InChI=1S/C77H140O6/c1-4-7-10-13-16-19-22-25-28-30-32-34-35-36-37-38-39-40-41-42-43-44-46-47-49-52-55-58-61-64-67-70-76(79)82-73-74(72-81-75(78)69-66-63-60-57-54-51-27-24-21-18-15-12-9-6-3)83-77(80)71-68-65-62-59-56-53-50-48-45-33-31-29-26-23-20-17-14-11-8-5-2/h7,10,16,19,24-25,27-28,32,34,74H,4-6,8-9,11-15,17-18,20-23,26,29-31,33,35-73H2,1-3H3/b10-7-,19-16-,27-24-,28-25-,34-32-. The van der Waals surface area contributed by atoms with E-state index in [-0.39, 0.29) is 31.1 Å². The van der Waals surface area contributed by atoms with Crippen LogP contribution in [-0.4, -0.2) is 37.2 Å². The highest BCUT2D eigenvalue weighted by Crippen LogP contribution is 2.19. The molecule has 0 saturated carbocycles. The van der Waals surface area contributed by atoms with E-state index < -0.39 is 6.10 Å². The van der Waals surface area contributed by atoms with Crippen molar-refractivity contribution in [2.45, 2.75) is 399 Å². The number of carbonyl (C=O) groups excluding carboxylic acids is 3. The third-order valence-corrected chi connectivity index (χ3v) is 16.5. The fourth-order valence-corrected chi connectivity index (χ4v) is 11.0. The first-order valence-corrected chi connectivity index (χ1v) is 36.8. The molecule has 0 aromatic rings. The van der Waals surface area contributed by atoms with Crippen molar-refractivity contribution in [1.82, 2.24) is 0 Å². The maximum absolute atomic E-state index is 13.0. The first-order valence-electron chi connectivity index (χ1n) is 36.8. The molecule has 0 saturated heterocycles. The molecule has 0 heterocycles. The van der Waals surface area contributed by atoms with Crippen LogP contribution in [0.15, 0.2) is 60.8 Å². The number of rotatable bonds is 68. The zero-order chi connectivity index (χ0) is 59.9. The topological polar surface area (TPSA) is 78.9 Å². The van der Waals surface area contributed by atoms with E-state index in [2.05, 4.69) is 81.5 Å². The van der Waals surface area contributed by atoms with E-state index in [0.717, 1.165) is 89.9 Å². The number of hydrogen-bond donors (Lipinski definition) is 0. The lowest BCUT2D eigenvalue weighted by Crippen LogP contribution is -2.30. The summed E-state index contributed by atoms with van der Waals surface area (Å²) in [6.07, 6.45) is 92.6. The van der Waals surface area contributed by atoms with Crippen LogP contribution in [0.1, 0.15) is 393 Å². The summed E-state index contributed by atoms with van der Waals surface area (Å²) in [6.45, 7) is 6.58. The Morgan fingerprint density at radius 2 is 0.470 bits per heavy atom. The third-order valence-electron chi connectivity index (χ3n) is 16.5. The summed E-state index contributed by atoms with van der Waals surface area (Å²) < 4.78 is 17.0. The summed E-state index contributed by atoms with van der Waals surface area (Å²) in [7, 11) is 0. The van der Waals surface area contributed by atoms with Gasteiger partial charge in [-0.3, -0.25) is 14.4 Å². The van der Waals surface area contributed by atoms with Gasteiger partial charge in [0.1, 0.15) is 13.2 Å². The van der Waals surface area contributed by atoms with Crippen LogP contribution in [0, 0.1) is 0 Å². The molecule has 0 aromatic carbocycles. The van der Waals surface area contributed by atoms with Crippen molar-refractivity contribution in [2.75, 3.05) is 13.2 Å². The van der Waals surface area contributed by atoms with Crippen molar-refractivity contribution in [3.63, 3.8) is 0 Å². The number of carbonyl (C=O) groups is 3. The van der Waals surface area contributed by atoms with Crippen LogP contribution in [-0.2, 0) is 28.6 Å². The molecule has 0 N–H and O–H groups in total. The van der Waals surface area contributed by atoms with Gasteiger partial charge in [-0.15, -0.1) is 0 Å². The molecule has 0 aliphatic carbocycles. The largest absolute Gasteiger partial charge is 0.462 e. The van der Waals surface area contributed by atoms with E-state index in [1.807, 2.05) is 0 Å². The Labute approximate surface area is 517 Å². The molecule has 484 valence electrons. The van der Waals surface area contributed by atoms with Crippen molar-refractivity contribution in [3.8, 4) is 0 Å². The van der Waals surface area contributed by atoms with Gasteiger partial charge in [-0.2, -0.15) is 0 Å². The Balaban J connectivity index is 4.19. The van der Waals surface area contributed by atoms with Gasteiger partial charge in [-0.05, 0) is 83.5 Å². The van der Waals surface area contributed by atoms with Crippen molar-refractivity contribution < 1.29 is 28.6 Å². The second kappa shape index (κ2) is 71.6. The van der Waals surface area contributed by atoms with E-state index in [1.165, 1.54) is 263 Å². The molecule has 0 rings (SSSR count). The maximum atomic E-state index is 13.0. The summed E-state index contributed by atoms with van der Waals surface area (Å²) in [6, 6.07) is 0. The highest BCUT2D eigenvalue weighted by atomic mass is 16.6. The monoisotopic (exact) mass is 1160 g/mol. The lowest BCUT2D eigenvalue weighted by Gasteiger charge is -2.18. The zero-order valence-corrected chi connectivity index (χ0v) is 55.7. The van der Waals surface area contributed by atoms with Crippen molar-refractivity contribution in [3.05, 3.63) is 60.8 Å². The van der Waals surface area contributed by atoms with Gasteiger partial charge in [0.15, 0.2) is 6.10 Å². The molecule has 0 bridgehead atoms. The van der Waals surface area contributed by atoms with E-state index in [0.29, 0.717) is 19.3 Å². The molecule has 0 spiro atoms. The predicted molar refractivity (Wildman–Crippen MR) is 362 cm³/mol. The first-order chi connectivity index (χ1) is 41.0. The summed E-state index contributed by atoms with van der Waals surface area (Å²) in [5, 5.41) is 0. The molecule has 0 amide bonds. The van der Waals surface area contributed by atoms with E-state index in [4.69, 9.17) is 14.2 Å². The highest BCUT2D eigenvalue weighted by molar-refractivity contribution is 5.71. The molecule has 0 radical (unpaired) electrons. The van der Waals surface area contributed by atoms with Gasteiger partial charge in [-0.25, -0.2) is 0 Å². The van der Waals surface area contributed by atoms with Crippen LogP contribution in [0.3, 0.4) is 0 Å². The highest BCUT2D eigenvalue weighted by Gasteiger charge is 2.19. The molecule has 0 aliphatic rings. The number of esters is 3. The molecule has 0 fully saturated rings. The zero-order valence-electron chi connectivity index (χ0n) is 55.7. The van der Waals surface area contributed by atoms with Gasteiger partial charge in [0.05, 0.1) is 0 Å². The number of ether oxygens (including phenoxy) is 3. The smallest absolute Gasteiger partial charge is 0.306 e. The van der Waals surface area contributed by atoms with Crippen LogP contribution in [0.2, 0.25) is 0 Å². The molecule has 6 nitrogen and oxygen atoms in total. The normalized spacial score (nSPS) is 12.4. The Bertz CT molecular complexity index is 1470. The Morgan fingerprint density at radius 3 is 0.747 bits per heavy atom. The second-order valence-electron chi connectivity index (χ2n) is 24.8. The molecule has 1 unspecified atom stereocenters. The number of hydrogen-bond acceptors (Lipinski definition) is 6. The fraction of sp³-hybridized carbons (Fsp3) is 0.831. The Kier molecular flexibility index (Phi) is 69.1. The van der Waals surface area contributed by atoms with Crippen LogP contribution >= 0.6 is 0 Å². The predicted octanol–water partition coefficient (Wildman–Crippen LogP) is 25.5. The van der Waals surface area contributed by atoms with Crippen LogP contribution in [0.25, 0.3) is 0 Å². The summed E-state index contributed by atoms with van der Waals surface area (Å²) in [5.74, 6) is -0.850. The minimum absolute atomic E-state index is 0.0704. The average molecular weight is 1160 g/mol. The van der Waals surface area contributed by atoms with E-state index in [1.54, 1.807) is 0 Å². The molecule has 6 heteroatoms. The molecule has 0 aromatic heterocycles. The van der Waals surface area contributed by atoms with Crippen LogP contribution in [0.4, 0.5) is 0 Å². The van der Waals surface area contributed by atoms with Gasteiger partial charge in [0.2, 0.25) is 0 Å². The summed E-state index contributed by atoms with van der Waals surface area (Å²) >= 11 is 0. The SMILES string of the molecule is CC/C=C\C/C=C\C/C=C\C/C=C\CCCCCCCCCCCCCCCCCCCCC(=O)OCC(COC(=O)CCCCCCC/C=C\CCCCCCC)OC(=O)CCCCCCCCCCCCCCCCCCCCCC. The number of allylic oxidation sites excluding steroid dienone is 10. The maximum Gasteiger partial charge on any atom is 0.306 e. The molecular formula is C77H140O6. The molecule has 1 atom stereocenters. The van der Waals surface area contributed by atoms with Gasteiger partial charge in [-0.1, -0.05) is 351 Å². The van der Waals surface area contributed by atoms with Gasteiger partial charge >= 0.3 is 17.9 Å². The minimum atomic E-state index is -0.775.